The highest BCUT2D eigenvalue weighted by molar-refractivity contribution is 7.20. The van der Waals surface area contributed by atoms with Gasteiger partial charge < -0.3 is 10.7 Å². The molecule has 1 aromatic carbocycles. The van der Waals surface area contributed by atoms with Gasteiger partial charge in [-0.1, -0.05) is 25.5 Å². The molecule has 0 aliphatic rings. The number of benzene rings is 1. The van der Waals surface area contributed by atoms with Crippen LogP contribution in [0, 0.1) is 5.41 Å². The quantitative estimate of drug-likeness (QED) is 0.375. The number of ketones is 1. The molecule has 25 heavy (non-hydrogen) atoms. The third-order valence-electron chi connectivity index (χ3n) is 3.93. The van der Waals surface area contributed by atoms with Crippen LogP contribution < -0.4 is 5.32 Å². The van der Waals surface area contributed by atoms with E-state index in [2.05, 4.69) is 10.3 Å². The average Bonchev–Trinajstić information content (AvgIpc) is 3.01. The van der Waals surface area contributed by atoms with E-state index in [1.54, 1.807) is 6.92 Å². The Morgan fingerprint density at radius 2 is 2.00 bits per heavy atom. The fourth-order valence-corrected chi connectivity index (χ4v) is 3.59. The summed E-state index contributed by atoms with van der Waals surface area (Å²) in [6, 6.07) is 7.12. The molecule has 1 amide bonds. The Balaban J connectivity index is 2.09. The number of para-hydroxylation sites is 1. The molecule has 0 saturated carbocycles. The van der Waals surface area contributed by atoms with Crippen molar-refractivity contribution in [2.24, 2.45) is 0 Å². The minimum Gasteiger partial charge on any atom is -0.346 e. The number of carbonyl (C=O) groups excluding carboxylic acids is 2. The Morgan fingerprint density at radius 3 is 2.68 bits per heavy atom. The van der Waals surface area contributed by atoms with Gasteiger partial charge in [0.1, 0.15) is 0 Å². The number of aromatic nitrogens is 1. The Hall–Kier alpha value is -2.08. The molecule has 2 rings (SSSR count). The molecule has 2 aromatic rings. The van der Waals surface area contributed by atoms with Crippen molar-refractivity contribution in [2.75, 3.05) is 0 Å². The van der Waals surface area contributed by atoms with Gasteiger partial charge in [-0.2, -0.15) is 0 Å². The summed E-state index contributed by atoms with van der Waals surface area (Å²) < 4.78 is 0.976. The Bertz CT molecular complexity index is 721. The lowest BCUT2D eigenvalue weighted by atomic mass is 10.0. The summed E-state index contributed by atoms with van der Waals surface area (Å²) >= 11 is 1.37. The van der Waals surface area contributed by atoms with E-state index in [1.165, 1.54) is 11.3 Å². The number of hydrogen-bond donors (Lipinski definition) is 2. The van der Waals surface area contributed by atoms with E-state index in [0.717, 1.165) is 35.9 Å². The molecule has 0 saturated heterocycles. The topological polar surface area (TPSA) is 82.9 Å². The van der Waals surface area contributed by atoms with E-state index < -0.39 is 6.04 Å². The Morgan fingerprint density at radius 1 is 1.24 bits per heavy atom. The number of rotatable bonds is 10. The highest BCUT2D eigenvalue weighted by Crippen LogP contribution is 2.23. The molecule has 5 nitrogen and oxygen atoms in total. The largest absolute Gasteiger partial charge is 0.346 e. The standard InChI is InChI=1S/C19H25N3O2S/c1-3-8-17(23)21-15(11-5-4-9-13(2)20)18(24)19-22-14-10-6-7-12-16(14)25-19/h6-7,10,12,15,20H,3-5,8-9,11H2,1-2H3,(H,21,23). The summed E-state index contributed by atoms with van der Waals surface area (Å²) in [5.74, 6) is -0.206. The second-order valence-electron chi connectivity index (χ2n) is 6.25. The van der Waals surface area contributed by atoms with Crippen molar-refractivity contribution in [1.82, 2.24) is 10.3 Å². The van der Waals surface area contributed by atoms with Crippen molar-refractivity contribution in [1.29, 1.82) is 5.41 Å². The zero-order chi connectivity index (χ0) is 18.2. The highest BCUT2D eigenvalue weighted by Gasteiger charge is 2.24. The van der Waals surface area contributed by atoms with Crippen LogP contribution in [0.3, 0.4) is 0 Å². The molecule has 0 spiro atoms. The van der Waals surface area contributed by atoms with Crippen LogP contribution in [0.4, 0.5) is 0 Å². The number of hydrogen-bond acceptors (Lipinski definition) is 5. The lowest BCUT2D eigenvalue weighted by molar-refractivity contribution is -0.121. The first kappa shape index (κ1) is 19.2. The molecule has 0 bridgehead atoms. The zero-order valence-electron chi connectivity index (χ0n) is 14.8. The van der Waals surface area contributed by atoms with Crippen LogP contribution in [-0.2, 0) is 4.79 Å². The van der Waals surface area contributed by atoms with Gasteiger partial charge in [0.2, 0.25) is 11.7 Å². The molecule has 0 aliphatic carbocycles. The maximum atomic E-state index is 12.9. The van der Waals surface area contributed by atoms with Crippen molar-refractivity contribution in [3.63, 3.8) is 0 Å². The number of unbranched alkanes of at least 4 members (excludes halogenated alkanes) is 1. The summed E-state index contributed by atoms with van der Waals surface area (Å²) in [6.07, 6.45) is 4.12. The number of carbonyl (C=O) groups is 2. The summed E-state index contributed by atoms with van der Waals surface area (Å²) in [4.78, 5) is 29.3. The fourth-order valence-electron chi connectivity index (χ4n) is 2.63. The second kappa shape index (κ2) is 9.42. The van der Waals surface area contributed by atoms with Crippen molar-refractivity contribution < 1.29 is 9.59 Å². The van der Waals surface area contributed by atoms with Gasteiger partial charge in [0.25, 0.3) is 0 Å². The molecule has 2 N–H and O–H groups in total. The Kier molecular flexibility index (Phi) is 7.25. The first-order valence-electron chi connectivity index (χ1n) is 8.74. The van der Waals surface area contributed by atoms with E-state index in [4.69, 9.17) is 5.41 Å². The van der Waals surface area contributed by atoms with E-state index in [9.17, 15) is 9.59 Å². The molecule has 1 aromatic heterocycles. The lowest BCUT2D eigenvalue weighted by Gasteiger charge is -2.16. The minimum absolute atomic E-state index is 0.0924. The van der Waals surface area contributed by atoms with E-state index in [0.29, 0.717) is 23.6 Å². The highest BCUT2D eigenvalue weighted by atomic mass is 32.1. The molecular weight excluding hydrogens is 334 g/mol. The van der Waals surface area contributed by atoms with Crippen molar-refractivity contribution in [3.8, 4) is 0 Å². The third-order valence-corrected chi connectivity index (χ3v) is 4.98. The number of amides is 1. The number of nitrogens with one attached hydrogen (secondary N) is 2. The van der Waals surface area contributed by atoms with E-state index in [-0.39, 0.29) is 11.7 Å². The van der Waals surface area contributed by atoms with Crippen LogP contribution in [0.25, 0.3) is 10.2 Å². The van der Waals surface area contributed by atoms with Gasteiger partial charge in [0, 0.05) is 12.1 Å². The van der Waals surface area contributed by atoms with Gasteiger partial charge in [0.15, 0.2) is 5.01 Å². The number of Topliss-reactive ketones (excluding diaryl/α,β-unsaturated/α-hetero) is 1. The molecule has 0 fully saturated rings. The summed E-state index contributed by atoms with van der Waals surface area (Å²) in [5, 5.41) is 10.8. The van der Waals surface area contributed by atoms with Crippen molar-refractivity contribution in [3.05, 3.63) is 29.3 Å². The second-order valence-corrected chi connectivity index (χ2v) is 7.28. The molecule has 0 radical (unpaired) electrons. The van der Waals surface area contributed by atoms with Gasteiger partial charge in [-0.3, -0.25) is 9.59 Å². The van der Waals surface area contributed by atoms with E-state index >= 15 is 0 Å². The number of thiazole rings is 1. The number of nitrogens with zero attached hydrogens (tertiary/aromatic N) is 1. The molecule has 134 valence electrons. The van der Waals surface area contributed by atoms with Crippen molar-refractivity contribution in [2.45, 2.75) is 58.4 Å². The normalized spacial score (nSPS) is 12.1. The van der Waals surface area contributed by atoms with E-state index in [1.807, 2.05) is 31.2 Å². The zero-order valence-corrected chi connectivity index (χ0v) is 15.6. The summed E-state index contributed by atoms with van der Waals surface area (Å²) in [6.45, 7) is 3.73. The molecular formula is C19H25N3O2S. The molecule has 0 aliphatic heterocycles. The summed E-state index contributed by atoms with van der Waals surface area (Å²) in [7, 11) is 0. The Labute approximate surface area is 152 Å². The lowest BCUT2D eigenvalue weighted by Crippen LogP contribution is -2.40. The van der Waals surface area contributed by atoms with Gasteiger partial charge in [0.05, 0.1) is 16.3 Å². The first-order chi connectivity index (χ1) is 12.0. The van der Waals surface area contributed by atoms with Crippen LogP contribution in [0.1, 0.15) is 62.2 Å². The van der Waals surface area contributed by atoms with Crippen LogP contribution in [-0.4, -0.2) is 28.4 Å². The third kappa shape index (κ3) is 5.74. The predicted molar refractivity (Wildman–Crippen MR) is 103 cm³/mol. The van der Waals surface area contributed by atoms with Gasteiger partial charge >= 0.3 is 0 Å². The van der Waals surface area contributed by atoms with Gasteiger partial charge in [-0.15, -0.1) is 11.3 Å². The monoisotopic (exact) mass is 359 g/mol. The van der Waals surface area contributed by atoms with Crippen molar-refractivity contribution >= 4 is 39.0 Å². The molecule has 6 heteroatoms. The van der Waals surface area contributed by atoms with Crippen LogP contribution >= 0.6 is 11.3 Å². The number of fused-ring (bicyclic) bond motifs is 1. The maximum Gasteiger partial charge on any atom is 0.220 e. The van der Waals surface area contributed by atoms with Crippen LogP contribution in [0.2, 0.25) is 0 Å². The predicted octanol–water partition coefficient (Wildman–Crippen LogP) is 4.36. The first-order valence-corrected chi connectivity index (χ1v) is 9.56. The molecule has 1 heterocycles. The summed E-state index contributed by atoms with van der Waals surface area (Å²) in [5.41, 5.74) is 1.46. The smallest absolute Gasteiger partial charge is 0.220 e. The minimum atomic E-state index is -0.536. The maximum absolute atomic E-state index is 12.9. The SMILES string of the molecule is CCCC(=O)NC(CCCCC(C)=N)C(=O)c1nc2ccccc2s1. The van der Waals surface area contributed by atoms with Gasteiger partial charge in [-0.25, -0.2) is 4.98 Å². The molecule has 1 unspecified atom stereocenters. The van der Waals surface area contributed by atoms with Crippen LogP contribution in [0.15, 0.2) is 24.3 Å². The van der Waals surface area contributed by atoms with Crippen LogP contribution in [0.5, 0.6) is 0 Å². The molecule has 1 atom stereocenters. The fraction of sp³-hybridized carbons (Fsp3) is 0.474. The average molecular weight is 359 g/mol. The van der Waals surface area contributed by atoms with Gasteiger partial charge in [-0.05, 0) is 44.7 Å².